The second-order valence-corrected chi connectivity index (χ2v) is 7.57. The summed E-state index contributed by atoms with van der Waals surface area (Å²) in [5, 5.41) is 0. The Bertz CT molecular complexity index is 386. The molecule has 0 bridgehead atoms. The zero-order valence-electron chi connectivity index (χ0n) is 12.3. The molecule has 0 radical (unpaired) electrons. The van der Waals surface area contributed by atoms with Gasteiger partial charge in [-0.25, -0.2) is 0 Å². The van der Waals surface area contributed by atoms with Crippen molar-refractivity contribution in [1.29, 1.82) is 0 Å². The van der Waals surface area contributed by atoms with E-state index < -0.39 is 10.2 Å². The number of hydrogen-bond acceptors (Lipinski definition) is 4. The average Bonchev–Trinajstić information content (AvgIpc) is 2.48. The van der Waals surface area contributed by atoms with Crippen LogP contribution in [0.4, 0.5) is 0 Å². The van der Waals surface area contributed by atoms with Crippen molar-refractivity contribution in [3.63, 3.8) is 0 Å². The Morgan fingerprint density at radius 2 is 1.55 bits per heavy atom. The van der Waals surface area contributed by atoms with Crippen molar-refractivity contribution in [3.8, 4) is 0 Å². The van der Waals surface area contributed by atoms with Gasteiger partial charge in [0.2, 0.25) is 0 Å². The van der Waals surface area contributed by atoms with Gasteiger partial charge in [-0.05, 0) is 45.1 Å². The maximum Gasteiger partial charge on any atom is 0.281 e. The van der Waals surface area contributed by atoms with Crippen LogP contribution in [-0.2, 0) is 14.9 Å². The van der Waals surface area contributed by atoms with Gasteiger partial charge in [0.1, 0.15) is 0 Å². The predicted octanol–water partition coefficient (Wildman–Crippen LogP) is 0.403. The van der Waals surface area contributed by atoms with Crippen molar-refractivity contribution in [2.75, 3.05) is 39.3 Å². The lowest BCUT2D eigenvalue weighted by Crippen LogP contribution is -2.50. The van der Waals surface area contributed by atoms with E-state index in [1.807, 2.05) is 6.92 Å². The fourth-order valence-electron chi connectivity index (χ4n) is 3.00. The molecule has 0 unspecified atom stereocenters. The van der Waals surface area contributed by atoms with Crippen LogP contribution in [-0.4, -0.2) is 62.5 Å². The third-order valence-electron chi connectivity index (χ3n) is 4.36. The minimum absolute atomic E-state index is 0.217. The van der Waals surface area contributed by atoms with E-state index in [1.54, 1.807) is 8.61 Å². The van der Waals surface area contributed by atoms with Crippen LogP contribution in [0.1, 0.15) is 32.6 Å². The molecule has 0 saturated carbocycles. The highest BCUT2D eigenvalue weighted by molar-refractivity contribution is 7.86. The number of rotatable bonds is 5. The first kappa shape index (κ1) is 16.2. The number of piperidine rings is 2. The minimum Gasteiger partial charge on any atom is -0.378 e. The van der Waals surface area contributed by atoms with Crippen LogP contribution >= 0.6 is 0 Å². The number of hydrogen-bond donors (Lipinski definition) is 1. The normalized spacial score (nSPS) is 25.1. The Morgan fingerprint density at radius 1 is 1.05 bits per heavy atom. The fourth-order valence-corrected chi connectivity index (χ4v) is 4.68. The van der Waals surface area contributed by atoms with Gasteiger partial charge in [-0.15, -0.1) is 0 Å². The summed E-state index contributed by atoms with van der Waals surface area (Å²) >= 11 is 0. The van der Waals surface area contributed by atoms with Gasteiger partial charge in [0.15, 0.2) is 0 Å². The lowest BCUT2D eigenvalue weighted by atomic mass is 9.99. The van der Waals surface area contributed by atoms with E-state index >= 15 is 0 Å². The van der Waals surface area contributed by atoms with Crippen molar-refractivity contribution in [2.45, 2.75) is 38.7 Å². The molecule has 2 aliphatic heterocycles. The lowest BCUT2D eigenvalue weighted by Gasteiger charge is -2.37. The molecule has 0 aliphatic carbocycles. The second kappa shape index (κ2) is 7.17. The number of nitrogens with two attached hydrogens (primary N) is 1. The molecule has 20 heavy (non-hydrogen) atoms. The van der Waals surface area contributed by atoms with E-state index in [9.17, 15) is 8.42 Å². The van der Waals surface area contributed by atoms with Gasteiger partial charge in [0.25, 0.3) is 10.2 Å². The van der Waals surface area contributed by atoms with Crippen LogP contribution in [0.15, 0.2) is 0 Å². The standard InChI is InChI=1S/C13H27N3O3S/c1-2-19-13-5-9-16(10-6-13)20(17,18)15-7-3-12(11-14)4-8-15/h12-13H,2-11,14H2,1H3. The Morgan fingerprint density at radius 3 is 2.00 bits per heavy atom. The quantitative estimate of drug-likeness (QED) is 0.798. The van der Waals surface area contributed by atoms with Gasteiger partial charge in [0.05, 0.1) is 6.10 Å². The van der Waals surface area contributed by atoms with E-state index in [0.29, 0.717) is 45.2 Å². The summed E-state index contributed by atoms with van der Waals surface area (Å²) < 4.78 is 34.0. The summed E-state index contributed by atoms with van der Waals surface area (Å²) in [5.41, 5.74) is 5.65. The maximum atomic E-state index is 12.6. The molecule has 0 atom stereocenters. The topological polar surface area (TPSA) is 75.9 Å². The van der Waals surface area contributed by atoms with Gasteiger partial charge in [0, 0.05) is 32.8 Å². The van der Waals surface area contributed by atoms with Crippen LogP contribution in [0.2, 0.25) is 0 Å². The summed E-state index contributed by atoms with van der Waals surface area (Å²) in [6.07, 6.45) is 3.57. The van der Waals surface area contributed by atoms with Crippen molar-refractivity contribution in [3.05, 3.63) is 0 Å². The molecule has 7 heteroatoms. The van der Waals surface area contributed by atoms with Gasteiger partial charge in [-0.3, -0.25) is 0 Å². The van der Waals surface area contributed by atoms with Crippen LogP contribution in [0, 0.1) is 5.92 Å². The molecule has 118 valence electrons. The smallest absolute Gasteiger partial charge is 0.281 e. The zero-order chi connectivity index (χ0) is 14.6. The fraction of sp³-hybridized carbons (Fsp3) is 1.00. The van der Waals surface area contributed by atoms with Crippen LogP contribution in [0.3, 0.4) is 0 Å². The molecule has 0 aromatic heterocycles. The van der Waals surface area contributed by atoms with Crippen molar-refractivity contribution < 1.29 is 13.2 Å². The van der Waals surface area contributed by atoms with Crippen molar-refractivity contribution in [2.24, 2.45) is 11.7 Å². The van der Waals surface area contributed by atoms with E-state index in [1.165, 1.54) is 0 Å². The van der Waals surface area contributed by atoms with Gasteiger partial charge in [-0.1, -0.05) is 0 Å². The van der Waals surface area contributed by atoms with Crippen LogP contribution in [0.5, 0.6) is 0 Å². The van der Waals surface area contributed by atoms with E-state index in [2.05, 4.69) is 0 Å². The van der Waals surface area contributed by atoms with Crippen LogP contribution < -0.4 is 5.73 Å². The highest BCUT2D eigenvalue weighted by atomic mass is 32.2. The molecule has 0 aromatic carbocycles. The first-order chi connectivity index (χ1) is 9.57. The Kier molecular flexibility index (Phi) is 5.80. The van der Waals surface area contributed by atoms with Crippen molar-refractivity contribution in [1.82, 2.24) is 8.61 Å². The van der Waals surface area contributed by atoms with Crippen molar-refractivity contribution >= 4 is 10.2 Å². The first-order valence-electron chi connectivity index (χ1n) is 7.64. The second-order valence-electron chi connectivity index (χ2n) is 5.64. The largest absolute Gasteiger partial charge is 0.378 e. The minimum atomic E-state index is -3.28. The highest BCUT2D eigenvalue weighted by Crippen LogP contribution is 2.23. The third-order valence-corrected chi connectivity index (χ3v) is 6.40. The molecule has 0 aromatic rings. The van der Waals surface area contributed by atoms with Crippen LogP contribution in [0.25, 0.3) is 0 Å². The predicted molar refractivity (Wildman–Crippen MR) is 78.5 cm³/mol. The van der Waals surface area contributed by atoms with Gasteiger partial charge < -0.3 is 10.5 Å². The molecule has 6 nitrogen and oxygen atoms in total. The number of nitrogens with zero attached hydrogens (tertiary/aromatic N) is 2. The lowest BCUT2D eigenvalue weighted by molar-refractivity contribution is 0.0279. The molecule has 2 rings (SSSR count). The number of ether oxygens (including phenoxy) is 1. The Hall–Kier alpha value is -0.210. The molecule has 0 spiro atoms. The van der Waals surface area contributed by atoms with Gasteiger partial charge >= 0.3 is 0 Å². The average molecular weight is 305 g/mol. The molecule has 2 heterocycles. The summed E-state index contributed by atoms with van der Waals surface area (Å²) in [6, 6.07) is 0. The van der Waals surface area contributed by atoms with E-state index in [-0.39, 0.29) is 6.10 Å². The summed E-state index contributed by atoms with van der Waals surface area (Å²) in [4.78, 5) is 0. The SMILES string of the molecule is CCOC1CCN(S(=O)(=O)N2CCC(CN)CC2)CC1. The van der Waals surface area contributed by atoms with Gasteiger partial charge in [-0.2, -0.15) is 17.0 Å². The summed E-state index contributed by atoms with van der Waals surface area (Å²) in [7, 11) is -3.28. The molecular weight excluding hydrogens is 278 g/mol. The molecule has 0 amide bonds. The molecule has 2 saturated heterocycles. The zero-order valence-corrected chi connectivity index (χ0v) is 13.1. The molecule has 2 aliphatic rings. The van der Waals surface area contributed by atoms with E-state index in [4.69, 9.17) is 10.5 Å². The molecular formula is C13H27N3O3S. The molecule has 2 N–H and O–H groups in total. The monoisotopic (exact) mass is 305 g/mol. The third kappa shape index (κ3) is 3.71. The Labute approximate surface area is 122 Å². The van der Waals surface area contributed by atoms with E-state index in [0.717, 1.165) is 25.7 Å². The maximum absolute atomic E-state index is 12.6. The first-order valence-corrected chi connectivity index (χ1v) is 9.04. The molecule has 2 fully saturated rings. The Balaban J connectivity index is 1.88. The summed E-state index contributed by atoms with van der Waals surface area (Å²) in [6.45, 7) is 5.70. The highest BCUT2D eigenvalue weighted by Gasteiger charge is 2.34. The summed E-state index contributed by atoms with van der Waals surface area (Å²) in [5.74, 6) is 0.477.